The van der Waals surface area contributed by atoms with Gasteiger partial charge < -0.3 is 23.8 Å². The summed E-state index contributed by atoms with van der Waals surface area (Å²) in [4.78, 5) is 0. The van der Waals surface area contributed by atoms with Gasteiger partial charge >= 0.3 is 0 Å². The number of nitrogens with zero attached hydrogens (tertiary/aromatic N) is 1. The van der Waals surface area contributed by atoms with E-state index in [9.17, 15) is 5.11 Å². The zero-order valence-electron chi connectivity index (χ0n) is 16.0. The van der Waals surface area contributed by atoms with E-state index in [4.69, 9.17) is 14.2 Å². The first-order chi connectivity index (χ1) is 12.4. The van der Waals surface area contributed by atoms with Crippen LogP contribution in [0.1, 0.15) is 22.7 Å². The van der Waals surface area contributed by atoms with Crippen molar-refractivity contribution in [2.75, 3.05) is 42.0 Å². The van der Waals surface area contributed by atoms with Crippen molar-refractivity contribution >= 4 is 0 Å². The van der Waals surface area contributed by atoms with Crippen molar-refractivity contribution in [3.63, 3.8) is 0 Å². The lowest BCUT2D eigenvalue weighted by atomic mass is 9.75. The van der Waals surface area contributed by atoms with Crippen LogP contribution < -0.4 is 14.2 Å². The zero-order chi connectivity index (χ0) is 18.6. The monoisotopic (exact) mass is 356 g/mol. The summed E-state index contributed by atoms with van der Waals surface area (Å²) in [5, 5.41) is 10.9. The molecular weight excluding hydrogens is 330 g/mol. The molecular formula is C21H26NO4+. The van der Waals surface area contributed by atoms with E-state index in [1.54, 1.807) is 21.3 Å². The fourth-order valence-corrected chi connectivity index (χ4v) is 4.60. The number of quaternary nitrogens is 1. The van der Waals surface area contributed by atoms with E-state index in [-0.39, 0.29) is 5.75 Å². The van der Waals surface area contributed by atoms with Crippen LogP contribution in [-0.4, -0.2) is 51.6 Å². The van der Waals surface area contributed by atoms with Crippen molar-refractivity contribution in [3.05, 3.63) is 34.9 Å². The maximum Gasteiger partial charge on any atom is 0.169 e. The topological polar surface area (TPSA) is 47.9 Å². The average Bonchev–Trinajstić information content (AvgIpc) is 2.64. The quantitative estimate of drug-likeness (QED) is 0.857. The lowest BCUT2D eigenvalue weighted by molar-refractivity contribution is -0.923. The highest BCUT2D eigenvalue weighted by atomic mass is 16.5. The molecule has 1 atom stereocenters. The predicted octanol–water partition coefficient (Wildman–Crippen LogP) is 3.31. The van der Waals surface area contributed by atoms with Gasteiger partial charge in [-0.2, -0.15) is 0 Å². The molecule has 0 saturated carbocycles. The summed E-state index contributed by atoms with van der Waals surface area (Å²) in [5.74, 6) is 2.04. The third kappa shape index (κ3) is 2.20. The van der Waals surface area contributed by atoms with E-state index in [0.29, 0.717) is 23.3 Å². The van der Waals surface area contributed by atoms with Crippen LogP contribution in [0.25, 0.3) is 11.1 Å². The Balaban J connectivity index is 2.13. The molecule has 5 heteroatoms. The molecule has 1 aliphatic heterocycles. The predicted molar refractivity (Wildman–Crippen MR) is 100 cm³/mol. The maximum absolute atomic E-state index is 10.9. The minimum Gasteiger partial charge on any atom is -0.504 e. The molecule has 0 spiro atoms. The molecule has 138 valence electrons. The molecule has 0 bridgehead atoms. The van der Waals surface area contributed by atoms with Gasteiger partial charge in [-0.1, -0.05) is 6.07 Å². The highest BCUT2D eigenvalue weighted by Crippen LogP contribution is 2.56. The van der Waals surface area contributed by atoms with Crippen LogP contribution in [0.4, 0.5) is 0 Å². The number of benzene rings is 2. The molecule has 1 heterocycles. The number of likely N-dealkylation sites (N-methyl/N-ethyl adjacent to an activating group) is 1. The summed E-state index contributed by atoms with van der Waals surface area (Å²) in [7, 11) is 9.45. The summed E-state index contributed by atoms with van der Waals surface area (Å²) in [5.41, 5.74) is 5.44. The number of rotatable bonds is 3. The minimum atomic E-state index is 0.174. The van der Waals surface area contributed by atoms with E-state index in [1.165, 1.54) is 11.1 Å². The van der Waals surface area contributed by atoms with Gasteiger partial charge in [0.25, 0.3) is 0 Å². The highest BCUT2D eigenvalue weighted by molar-refractivity contribution is 5.88. The lowest BCUT2D eigenvalue weighted by Gasteiger charge is -2.46. The molecule has 0 unspecified atom stereocenters. The number of hydrogen-bond donors (Lipinski definition) is 1. The summed E-state index contributed by atoms with van der Waals surface area (Å²) in [6.45, 7) is 1.07. The number of phenols is 1. The van der Waals surface area contributed by atoms with Gasteiger partial charge in [0.15, 0.2) is 23.0 Å². The molecule has 0 amide bonds. The van der Waals surface area contributed by atoms with Crippen LogP contribution >= 0.6 is 0 Å². The average molecular weight is 356 g/mol. The van der Waals surface area contributed by atoms with Gasteiger partial charge in [-0.05, 0) is 23.3 Å². The standard InChI is InChI=1S/C21H25NO4/c1-22(2)9-8-13-11-16(25-4)21(26-5)19-17(13)14(22)10-12-6-7-15(24-3)20(23)18(12)19/h6-7,11,14H,8-10H2,1-5H3/p+1/t14-/m1/s1. The van der Waals surface area contributed by atoms with Crippen molar-refractivity contribution in [2.24, 2.45) is 0 Å². The van der Waals surface area contributed by atoms with Gasteiger partial charge in [-0.25, -0.2) is 0 Å². The molecule has 4 rings (SSSR count). The van der Waals surface area contributed by atoms with Gasteiger partial charge in [0.1, 0.15) is 6.04 Å². The Hall–Kier alpha value is -2.40. The largest absolute Gasteiger partial charge is 0.504 e. The first-order valence-electron chi connectivity index (χ1n) is 8.92. The van der Waals surface area contributed by atoms with Crippen LogP contribution in [-0.2, 0) is 12.8 Å². The van der Waals surface area contributed by atoms with Crippen molar-refractivity contribution in [1.29, 1.82) is 0 Å². The fourth-order valence-electron chi connectivity index (χ4n) is 4.60. The van der Waals surface area contributed by atoms with Crippen LogP contribution in [0.3, 0.4) is 0 Å². The van der Waals surface area contributed by atoms with Gasteiger partial charge in [0, 0.05) is 29.5 Å². The molecule has 0 radical (unpaired) electrons. The van der Waals surface area contributed by atoms with Gasteiger partial charge in [0.2, 0.25) is 0 Å². The third-order valence-electron chi connectivity index (χ3n) is 6.04. The number of methoxy groups -OCH3 is 3. The number of ether oxygens (including phenoxy) is 3. The summed E-state index contributed by atoms with van der Waals surface area (Å²) < 4.78 is 17.7. The van der Waals surface area contributed by atoms with Crippen LogP contribution in [0.15, 0.2) is 18.2 Å². The Labute approximate surface area is 154 Å². The molecule has 2 aliphatic rings. The van der Waals surface area contributed by atoms with Gasteiger partial charge in [0.05, 0.1) is 42.0 Å². The van der Waals surface area contributed by atoms with Gasteiger partial charge in [-0.15, -0.1) is 0 Å². The van der Waals surface area contributed by atoms with Crippen molar-refractivity contribution in [1.82, 2.24) is 0 Å². The minimum absolute atomic E-state index is 0.174. The zero-order valence-corrected chi connectivity index (χ0v) is 16.0. The van der Waals surface area contributed by atoms with E-state index in [0.717, 1.165) is 40.6 Å². The normalized spacial score (nSPS) is 19.3. The molecule has 26 heavy (non-hydrogen) atoms. The van der Waals surface area contributed by atoms with E-state index in [1.807, 2.05) is 6.07 Å². The summed E-state index contributed by atoms with van der Waals surface area (Å²) in [6, 6.07) is 6.33. The Bertz CT molecular complexity index is 888. The van der Waals surface area contributed by atoms with E-state index < -0.39 is 0 Å². The van der Waals surface area contributed by atoms with Crippen molar-refractivity contribution in [2.45, 2.75) is 18.9 Å². The van der Waals surface area contributed by atoms with Crippen LogP contribution in [0, 0.1) is 0 Å². The summed E-state index contributed by atoms with van der Waals surface area (Å²) >= 11 is 0. The molecule has 2 aromatic carbocycles. The second-order valence-electron chi connectivity index (χ2n) is 7.68. The van der Waals surface area contributed by atoms with Gasteiger partial charge in [-0.3, -0.25) is 0 Å². The van der Waals surface area contributed by atoms with Crippen molar-refractivity contribution < 1.29 is 23.8 Å². The lowest BCUT2D eigenvalue weighted by Crippen LogP contribution is -2.49. The SMILES string of the molecule is COc1ccc2c(c1O)-c1c(OC)c(OC)cc3c1[C@@H](C2)[N+](C)(C)CC3. The Morgan fingerprint density at radius 2 is 1.69 bits per heavy atom. The van der Waals surface area contributed by atoms with E-state index >= 15 is 0 Å². The number of fused-ring (bicyclic) bond motifs is 2. The molecule has 5 nitrogen and oxygen atoms in total. The van der Waals surface area contributed by atoms with Crippen molar-refractivity contribution in [3.8, 4) is 34.1 Å². The van der Waals surface area contributed by atoms with Crippen LogP contribution in [0.5, 0.6) is 23.0 Å². The number of aromatic hydroxyl groups is 1. The second-order valence-corrected chi connectivity index (χ2v) is 7.68. The maximum atomic E-state index is 10.9. The Morgan fingerprint density at radius 3 is 2.35 bits per heavy atom. The Morgan fingerprint density at radius 1 is 0.962 bits per heavy atom. The smallest absolute Gasteiger partial charge is 0.169 e. The first kappa shape index (κ1) is 17.0. The number of phenolic OH excluding ortho intramolecular Hbond substituents is 1. The number of hydrogen-bond acceptors (Lipinski definition) is 4. The summed E-state index contributed by atoms with van der Waals surface area (Å²) in [6.07, 6.45) is 1.86. The molecule has 1 aliphatic carbocycles. The highest BCUT2D eigenvalue weighted by Gasteiger charge is 2.44. The van der Waals surface area contributed by atoms with E-state index in [2.05, 4.69) is 26.2 Å². The molecule has 1 N–H and O–H groups in total. The fraction of sp³-hybridized carbons (Fsp3) is 0.429. The third-order valence-corrected chi connectivity index (χ3v) is 6.04. The Kier molecular flexibility index (Phi) is 3.81. The second kappa shape index (κ2) is 5.81. The molecule has 0 aromatic heterocycles. The molecule has 2 aromatic rings. The molecule has 0 fully saturated rings. The first-order valence-corrected chi connectivity index (χ1v) is 8.92. The van der Waals surface area contributed by atoms with Crippen LogP contribution in [0.2, 0.25) is 0 Å². The molecule has 0 saturated heterocycles.